The lowest BCUT2D eigenvalue weighted by molar-refractivity contribution is -0.113. The van der Waals surface area contributed by atoms with Crippen LogP contribution in [0.1, 0.15) is 35.7 Å². The first-order valence-electron chi connectivity index (χ1n) is 11.7. The van der Waals surface area contributed by atoms with Crippen molar-refractivity contribution in [2.24, 2.45) is 0 Å². The zero-order valence-corrected chi connectivity index (χ0v) is 20.2. The number of carbonyl (C=O) groups excluding carboxylic acids is 2. The van der Waals surface area contributed by atoms with Gasteiger partial charge in [0.15, 0.2) is 11.5 Å². The minimum Gasteiger partial charge on any atom is -0.497 e. The van der Waals surface area contributed by atoms with Crippen molar-refractivity contribution >= 4 is 23.6 Å². The third kappa shape index (κ3) is 6.35. The Labute approximate surface area is 209 Å². The van der Waals surface area contributed by atoms with Crippen molar-refractivity contribution in [1.29, 1.82) is 0 Å². The Morgan fingerprint density at radius 1 is 0.944 bits per heavy atom. The maximum atomic E-state index is 13.2. The van der Waals surface area contributed by atoms with Gasteiger partial charge in [0, 0.05) is 11.3 Å². The number of rotatable bonds is 10. The van der Waals surface area contributed by atoms with Gasteiger partial charge in [0.1, 0.15) is 17.2 Å². The van der Waals surface area contributed by atoms with Crippen molar-refractivity contribution in [1.82, 2.24) is 5.32 Å². The maximum absolute atomic E-state index is 13.2. The van der Waals surface area contributed by atoms with E-state index in [0.29, 0.717) is 46.4 Å². The molecule has 1 aliphatic rings. The van der Waals surface area contributed by atoms with Gasteiger partial charge in [0.05, 0.1) is 13.7 Å². The molecule has 1 heterocycles. The van der Waals surface area contributed by atoms with Crippen molar-refractivity contribution in [3.8, 4) is 23.0 Å². The highest BCUT2D eigenvalue weighted by Crippen LogP contribution is 2.33. The summed E-state index contributed by atoms with van der Waals surface area (Å²) in [5.41, 5.74) is 1.68. The molecule has 2 N–H and O–H groups in total. The highest BCUT2D eigenvalue weighted by Gasteiger charge is 2.17. The largest absolute Gasteiger partial charge is 0.497 e. The Kier molecular flexibility index (Phi) is 8.08. The molecule has 1 aliphatic heterocycles. The summed E-state index contributed by atoms with van der Waals surface area (Å²) in [5, 5.41) is 5.54. The molecule has 0 aliphatic carbocycles. The number of anilines is 1. The molecule has 0 radical (unpaired) electrons. The van der Waals surface area contributed by atoms with Crippen LogP contribution in [-0.4, -0.2) is 32.3 Å². The van der Waals surface area contributed by atoms with Crippen LogP contribution in [0.2, 0.25) is 0 Å². The molecule has 2 amide bonds. The fourth-order valence-electron chi connectivity index (χ4n) is 3.43. The van der Waals surface area contributed by atoms with Gasteiger partial charge in [-0.1, -0.05) is 19.4 Å². The van der Waals surface area contributed by atoms with E-state index in [2.05, 4.69) is 17.6 Å². The predicted octanol–water partition coefficient (Wildman–Crippen LogP) is 5.01. The molecule has 0 aromatic heterocycles. The Morgan fingerprint density at radius 2 is 1.67 bits per heavy atom. The highest BCUT2D eigenvalue weighted by atomic mass is 16.7. The minimum absolute atomic E-state index is 0.0676. The summed E-state index contributed by atoms with van der Waals surface area (Å²) < 4.78 is 21.6. The second-order valence-corrected chi connectivity index (χ2v) is 8.03. The number of unbranched alkanes of at least 4 members (excludes halogenated alkanes) is 1. The summed E-state index contributed by atoms with van der Waals surface area (Å²) in [4.78, 5) is 26.2. The number of ether oxygens (including phenoxy) is 4. The van der Waals surface area contributed by atoms with Gasteiger partial charge >= 0.3 is 0 Å². The molecule has 0 saturated carbocycles. The highest BCUT2D eigenvalue weighted by molar-refractivity contribution is 6.10. The van der Waals surface area contributed by atoms with Crippen molar-refractivity contribution in [2.75, 3.05) is 25.8 Å². The predicted molar refractivity (Wildman–Crippen MR) is 136 cm³/mol. The monoisotopic (exact) mass is 488 g/mol. The number of fused-ring (bicyclic) bond motifs is 1. The molecule has 36 heavy (non-hydrogen) atoms. The molecule has 3 aromatic carbocycles. The van der Waals surface area contributed by atoms with E-state index < -0.39 is 11.8 Å². The van der Waals surface area contributed by atoms with E-state index >= 15 is 0 Å². The number of benzene rings is 3. The lowest BCUT2D eigenvalue weighted by Gasteiger charge is -2.12. The number of hydrogen-bond acceptors (Lipinski definition) is 6. The molecule has 0 spiro atoms. The molecular formula is C28H28N2O6. The van der Waals surface area contributed by atoms with E-state index in [0.717, 1.165) is 12.8 Å². The molecule has 0 fully saturated rings. The third-order valence-electron chi connectivity index (χ3n) is 5.43. The molecular weight excluding hydrogens is 460 g/mol. The summed E-state index contributed by atoms with van der Waals surface area (Å²) in [6.45, 7) is 2.86. The van der Waals surface area contributed by atoms with Gasteiger partial charge in [-0.25, -0.2) is 0 Å². The first-order chi connectivity index (χ1) is 17.6. The van der Waals surface area contributed by atoms with Crippen molar-refractivity contribution in [3.63, 3.8) is 0 Å². The summed E-state index contributed by atoms with van der Waals surface area (Å²) >= 11 is 0. The lowest BCUT2D eigenvalue weighted by Crippen LogP contribution is -2.30. The average molecular weight is 489 g/mol. The van der Waals surface area contributed by atoms with Crippen LogP contribution in [0.25, 0.3) is 6.08 Å². The van der Waals surface area contributed by atoms with Crippen LogP contribution >= 0.6 is 0 Å². The van der Waals surface area contributed by atoms with E-state index in [-0.39, 0.29) is 12.5 Å². The zero-order chi connectivity index (χ0) is 25.3. The quantitative estimate of drug-likeness (QED) is 0.308. The minimum atomic E-state index is -0.481. The van der Waals surface area contributed by atoms with E-state index in [1.807, 2.05) is 0 Å². The Morgan fingerprint density at radius 3 is 2.39 bits per heavy atom. The molecule has 4 rings (SSSR count). The van der Waals surface area contributed by atoms with Gasteiger partial charge < -0.3 is 29.6 Å². The molecule has 0 bridgehead atoms. The molecule has 186 valence electrons. The molecule has 0 atom stereocenters. The van der Waals surface area contributed by atoms with Crippen molar-refractivity contribution < 1.29 is 28.5 Å². The van der Waals surface area contributed by atoms with E-state index in [9.17, 15) is 9.59 Å². The lowest BCUT2D eigenvalue weighted by atomic mass is 10.1. The van der Waals surface area contributed by atoms with Crippen LogP contribution in [0, 0.1) is 0 Å². The van der Waals surface area contributed by atoms with Gasteiger partial charge in [-0.15, -0.1) is 0 Å². The van der Waals surface area contributed by atoms with Gasteiger partial charge in [0.2, 0.25) is 6.79 Å². The fraction of sp³-hybridized carbons (Fsp3) is 0.214. The summed E-state index contributed by atoms with van der Waals surface area (Å²) in [5.74, 6) is 1.65. The second-order valence-electron chi connectivity index (χ2n) is 8.03. The topological polar surface area (TPSA) is 95.1 Å². The van der Waals surface area contributed by atoms with Crippen LogP contribution in [0.15, 0.2) is 72.4 Å². The number of amides is 2. The molecule has 8 nitrogen and oxygen atoms in total. The molecule has 0 saturated heterocycles. The summed E-state index contributed by atoms with van der Waals surface area (Å²) in [7, 11) is 1.57. The van der Waals surface area contributed by atoms with Gasteiger partial charge in [-0.2, -0.15) is 0 Å². The van der Waals surface area contributed by atoms with Crippen LogP contribution < -0.4 is 29.6 Å². The zero-order valence-electron chi connectivity index (χ0n) is 20.2. The van der Waals surface area contributed by atoms with Gasteiger partial charge in [-0.3, -0.25) is 9.59 Å². The smallest absolute Gasteiger partial charge is 0.272 e. The standard InChI is InChI=1S/C28H28N2O6/c1-3-4-15-34-23-10-6-20(7-11-23)27(31)30-24(16-19-5-14-25-26(17-19)36-18-35-25)28(32)29-21-8-12-22(33-2)13-9-21/h5-14,16-17H,3-4,15,18H2,1-2H3,(H,29,32)(H,30,31)/b24-16+. The van der Waals surface area contributed by atoms with E-state index in [1.54, 1.807) is 79.9 Å². The second kappa shape index (κ2) is 11.8. The molecule has 0 unspecified atom stereocenters. The first kappa shape index (κ1) is 24.7. The Bertz CT molecular complexity index is 1240. The third-order valence-corrected chi connectivity index (χ3v) is 5.43. The van der Waals surface area contributed by atoms with Crippen LogP contribution in [-0.2, 0) is 4.79 Å². The molecule has 3 aromatic rings. The maximum Gasteiger partial charge on any atom is 0.272 e. The Hall–Kier alpha value is -4.46. The fourth-order valence-corrected chi connectivity index (χ4v) is 3.43. The van der Waals surface area contributed by atoms with Crippen LogP contribution in [0.4, 0.5) is 5.69 Å². The SMILES string of the molecule is CCCCOc1ccc(C(=O)N/C(=C/c2ccc3c(c2)OCO3)C(=O)Nc2ccc(OC)cc2)cc1. The first-order valence-corrected chi connectivity index (χ1v) is 11.7. The van der Waals surface area contributed by atoms with E-state index in [4.69, 9.17) is 18.9 Å². The Balaban J connectivity index is 1.54. The van der Waals surface area contributed by atoms with E-state index in [1.165, 1.54) is 0 Å². The molecule has 8 heteroatoms. The van der Waals surface area contributed by atoms with Gasteiger partial charge in [0.25, 0.3) is 11.8 Å². The number of nitrogens with one attached hydrogen (secondary N) is 2. The number of hydrogen-bond donors (Lipinski definition) is 2. The van der Waals surface area contributed by atoms with Gasteiger partial charge in [-0.05, 0) is 78.7 Å². The van der Waals surface area contributed by atoms with Crippen molar-refractivity contribution in [3.05, 3.63) is 83.6 Å². The number of methoxy groups -OCH3 is 1. The van der Waals surface area contributed by atoms with Crippen LogP contribution in [0.3, 0.4) is 0 Å². The summed E-state index contributed by atoms with van der Waals surface area (Å²) in [6.07, 6.45) is 3.58. The summed E-state index contributed by atoms with van der Waals surface area (Å²) in [6, 6.07) is 19.0. The van der Waals surface area contributed by atoms with Crippen molar-refractivity contribution in [2.45, 2.75) is 19.8 Å². The average Bonchev–Trinajstić information content (AvgIpc) is 3.37. The normalized spacial score (nSPS) is 12.1. The van der Waals surface area contributed by atoms with Crippen LogP contribution in [0.5, 0.6) is 23.0 Å². The number of carbonyl (C=O) groups is 2.